The predicted octanol–water partition coefficient (Wildman–Crippen LogP) is 1.93. The van der Waals surface area contributed by atoms with Crippen molar-refractivity contribution in [3.63, 3.8) is 0 Å². The summed E-state index contributed by atoms with van der Waals surface area (Å²) in [6.07, 6.45) is 4.57. The van der Waals surface area contributed by atoms with E-state index in [2.05, 4.69) is 5.32 Å². The molecule has 1 saturated heterocycles. The summed E-state index contributed by atoms with van der Waals surface area (Å²) in [5, 5.41) is 13.1. The number of fused-ring (bicyclic) bond motifs is 1. The van der Waals surface area contributed by atoms with Crippen molar-refractivity contribution in [2.24, 2.45) is 0 Å². The summed E-state index contributed by atoms with van der Waals surface area (Å²) < 4.78 is 5.80. The molecule has 4 heteroatoms. The van der Waals surface area contributed by atoms with Crippen LogP contribution in [0.2, 0.25) is 0 Å². The highest BCUT2D eigenvalue weighted by Gasteiger charge is 2.44. The van der Waals surface area contributed by atoms with Gasteiger partial charge in [0.1, 0.15) is 11.9 Å². The molecule has 2 N–H and O–H groups in total. The number of hydrogen-bond donors (Lipinski definition) is 2. The number of ether oxygens (including phenoxy) is 1. The summed E-state index contributed by atoms with van der Waals surface area (Å²) in [7, 11) is 0. The standard InChI is InChI=1S/C11H15NO2S/c13-9-7-14-11(2-4-12-5-3-11)10-8(9)1-6-15-10/h7,12-13H,1-6H2. The van der Waals surface area contributed by atoms with Gasteiger partial charge in [0.15, 0.2) is 5.76 Å². The van der Waals surface area contributed by atoms with Crippen LogP contribution in [-0.2, 0) is 4.74 Å². The minimum Gasteiger partial charge on any atom is -0.504 e. The maximum atomic E-state index is 9.74. The summed E-state index contributed by atoms with van der Waals surface area (Å²) in [6, 6.07) is 0. The van der Waals surface area contributed by atoms with Crippen molar-refractivity contribution in [2.45, 2.75) is 24.9 Å². The Labute approximate surface area is 93.6 Å². The van der Waals surface area contributed by atoms with Gasteiger partial charge in [-0.25, -0.2) is 0 Å². The average molecular weight is 225 g/mol. The first-order valence-corrected chi connectivity index (χ1v) is 6.45. The van der Waals surface area contributed by atoms with E-state index < -0.39 is 0 Å². The molecule has 1 fully saturated rings. The van der Waals surface area contributed by atoms with Gasteiger partial charge in [0.05, 0.1) is 0 Å². The van der Waals surface area contributed by atoms with Crippen molar-refractivity contribution in [2.75, 3.05) is 18.8 Å². The van der Waals surface area contributed by atoms with E-state index in [0.717, 1.165) is 43.7 Å². The van der Waals surface area contributed by atoms with Crippen LogP contribution in [-0.4, -0.2) is 29.5 Å². The fraction of sp³-hybridized carbons (Fsp3) is 0.636. The van der Waals surface area contributed by atoms with E-state index in [1.165, 1.54) is 4.91 Å². The summed E-state index contributed by atoms with van der Waals surface area (Å²) in [5.41, 5.74) is 1.02. The van der Waals surface area contributed by atoms with Crippen LogP contribution < -0.4 is 5.32 Å². The van der Waals surface area contributed by atoms with Crippen molar-refractivity contribution in [1.82, 2.24) is 5.32 Å². The number of thioether (sulfide) groups is 1. The predicted molar refractivity (Wildman–Crippen MR) is 60.7 cm³/mol. The van der Waals surface area contributed by atoms with Crippen molar-refractivity contribution in [3.05, 3.63) is 22.5 Å². The summed E-state index contributed by atoms with van der Waals surface area (Å²) in [5.74, 6) is 1.43. The SMILES string of the molecule is OC1=COC2(CCNCC2)C2=C1CCS2. The molecular weight excluding hydrogens is 210 g/mol. The van der Waals surface area contributed by atoms with Crippen LogP contribution in [0.1, 0.15) is 19.3 Å². The monoisotopic (exact) mass is 225 g/mol. The van der Waals surface area contributed by atoms with Gasteiger partial charge in [-0.15, -0.1) is 11.8 Å². The van der Waals surface area contributed by atoms with Crippen LogP contribution in [0.5, 0.6) is 0 Å². The molecule has 3 aliphatic heterocycles. The normalized spacial score (nSPS) is 28.7. The highest BCUT2D eigenvalue weighted by Crippen LogP contribution is 2.49. The first-order chi connectivity index (χ1) is 7.32. The number of aliphatic hydroxyl groups is 1. The van der Waals surface area contributed by atoms with E-state index >= 15 is 0 Å². The second-order valence-corrected chi connectivity index (χ2v) is 5.38. The highest BCUT2D eigenvalue weighted by atomic mass is 32.2. The molecule has 15 heavy (non-hydrogen) atoms. The van der Waals surface area contributed by atoms with Gasteiger partial charge in [-0.05, 0) is 19.5 Å². The molecule has 0 unspecified atom stereocenters. The third-order valence-corrected chi connectivity index (χ3v) is 4.72. The number of rotatable bonds is 0. The van der Waals surface area contributed by atoms with Crippen LogP contribution in [0, 0.1) is 0 Å². The van der Waals surface area contributed by atoms with E-state index in [1.807, 2.05) is 11.8 Å². The molecule has 0 aromatic carbocycles. The first-order valence-electron chi connectivity index (χ1n) is 5.46. The fourth-order valence-corrected chi connectivity index (χ4v) is 3.98. The molecule has 0 amide bonds. The first kappa shape index (κ1) is 9.60. The topological polar surface area (TPSA) is 41.5 Å². The average Bonchev–Trinajstić information content (AvgIpc) is 2.76. The van der Waals surface area contributed by atoms with E-state index in [1.54, 1.807) is 6.26 Å². The molecule has 0 atom stereocenters. The van der Waals surface area contributed by atoms with Crippen LogP contribution in [0.3, 0.4) is 0 Å². The molecule has 3 nitrogen and oxygen atoms in total. The molecule has 3 aliphatic rings. The Bertz CT molecular complexity index is 342. The van der Waals surface area contributed by atoms with Gasteiger partial charge in [0.25, 0.3) is 0 Å². The maximum Gasteiger partial charge on any atom is 0.154 e. The van der Waals surface area contributed by atoms with Gasteiger partial charge >= 0.3 is 0 Å². The molecular formula is C11H15NO2S. The van der Waals surface area contributed by atoms with Crippen molar-refractivity contribution in [1.29, 1.82) is 0 Å². The zero-order chi connectivity index (χ0) is 10.3. The van der Waals surface area contributed by atoms with E-state index in [0.29, 0.717) is 5.76 Å². The zero-order valence-corrected chi connectivity index (χ0v) is 9.40. The van der Waals surface area contributed by atoms with Gasteiger partial charge < -0.3 is 15.2 Å². The van der Waals surface area contributed by atoms with Gasteiger partial charge in [-0.2, -0.15) is 0 Å². The van der Waals surface area contributed by atoms with Crippen LogP contribution in [0.25, 0.3) is 0 Å². The molecule has 3 rings (SSSR count). The zero-order valence-electron chi connectivity index (χ0n) is 8.58. The Hall–Kier alpha value is -0.610. The minimum atomic E-state index is -0.117. The maximum absolute atomic E-state index is 9.74. The van der Waals surface area contributed by atoms with Crippen LogP contribution in [0.4, 0.5) is 0 Å². The summed E-state index contributed by atoms with van der Waals surface area (Å²) in [6.45, 7) is 2.01. The molecule has 0 saturated carbocycles. The third-order valence-electron chi connectivity index (χ3n) is 3.40. The van der Waals surface area contributed by atoms with Crippen molar-refractivity contribution >= 4 is 11.8 Å². The number of aliphatic hydroxyl groups excluding tert-OH is 1. The van der Waals surface area contributed by atoms with Gasteiger partial charge in [-0.1, -0.05) is 0 Å². The van der Waals surface area contributed by atoms with E-state index in [4.69, 9.17) is 4.74 Å². The number of nitrogens with one attached hydrogen (secondary N) is 1. The number of hydrogen-bond acceptors (Lipinski definition) is 4. The second-order valence-electron chi connectivity index (χ2n) is 4.27. The fourth-order valence-electron chi connectivity index (χ4n) is 2.58. The van der Waals surface area contributed by atoms with Gasteiger partial charge in [0, 0.05) is 29.1 Å². The summed E-state index contributed by atoms with van der Waals surface area (Å²) >= 11 is 1.86. The minimum absolute atomic E-state index is 0.117. The highest BCUT2D eigenvalue weighted by molar-refractivity contribution is 8.03. The molecule has 1 spiro atoms. The molecule has 0 aromatic heterocycles. The lowest BCUT2D eigenvalue weighted by molar-refractivity contribution is 0.0244. The Morgan fingerprint density at radius 3 is 3.00 bits per heavy atom. The van der Waals surface area contributed by atoms with E-state index in [-0.39, 0.29) is 5.60 Å². The van der Waals surface area contributed by atoms with Crippen molar-refractivity contribution in [3.8, 4) is 0 Å². The summed E-state index contributed by atoms with van der Waals surface area (Å²) in [4.78, 5) is 1.30. The largest absolute Gasteiger partial charge is 0.504 e. The quantitative estimate of drug-likeness (QED) is 0.661. The van der Waals surface area contributed by atoms with Crippen LogP contribution >= 0.6 is 11.8 Å². The lowest BCUT2D eigenvalue weighted by atomic mass is 9.87. The lowest BCUT2D eigenvalue weighted by Crippen LogP contribution is -2.45. The van der Waals surface area contributed by atoms with Gasteiger partial charge in [-0.3, -0.25) is 0 Å². The molecule has 0 aromatic rings. The van der Waals surface area contributed by atoms with Crippen molar-refractivity contribution < 1.29 is 9.84 Å². The lowest BCUT2D eigenvalue weighted by Gasteiger charge is -2.40. The second kappa shape index (κ2) is 3.46. The van der Waals surface area contributed by atoms with Gasteiger partial charge in [0.2, 0.25) is 0 Å². The number of allylic oxidation sites excluding steroid dienone is 1. The Morgan fingerprint density at radius 1 is 1.40 bits per heavy atom. The Kier molecular flexibility index (Phi) is 2.21. The Morgan fingerprint density at radius 2 is 2.20 bits per heavy atom. The molecule has 3 heterocycles. The molecule has 82 valence electrons. The molecule has 0 bridgehead atoms. The third kappa shape index (κ3) is 1.39. The Balaban J connectivity index is 1.98. The van der Waals surface area contributed by atoms with E-state index in [9.17, 15) is 5.11 Å². The van der Waals surface area contributed by atoms with Crippen LogP contribution in [0.15, 0.2) is 22.5 Å². The molecule has 0 aliphatic carbocycles. The molecule has 0 radical (unpaired) electrons. The number of piperidine rings is 1. The smallest absolute Gasteiger partial charge is 0.154 e.